The molecule has 1 aliphatic carbocycles. The number of morpholine rings is 1. The van der Waals surface area contributed by atoms with Crippen LogP contribution in [0.5, 0.6) is 0 Å². The molecule has 2 fully saturated rings. The number of ether oxygens (including phenoxy) is 1. The highest BCUT2D eigenvalue weighted by molar-refractivity contribution is 7.99. The van der Waals surface area contributed by atoms with Crippen LogP contribution in [0.15, 0.2) is 10.5 Å². The van der Waals surface area contributed by atoms with Crippen LogP contribution in [-0.4, -0.2) is 57.6 Å². The van der Waals surface area contributed by atoms with Gasteiger partial charge in [0.25, 0.3) is 0 Å². The van der Waals surface area contributed by atoms with Gasteiger partial charge in [0.2, 0.25) is 5.95 Å². The Morgan fingerprint density at radius 1 is 1.44 bits per heavy atom. The van der Waals surface area contributed by atoms with E-state index in [4.69, 9.17) is 4.74 Å². The molecular formula is C17H20N6O2S2. The third kappa shape index (κ3) is 4.00. The number of hydrogen-bond donors (Lipinski definition) is 0. The lowest BCUT2D eigenvalue weighted by molar-refractivity contribution is -0.116. The minimum absolute atomic E-state index is 0.143. The maximum absolute atomic E-state index is 12.6. The standard InChI is InChI=1S/C17H20N6O2S2/c1-11-9-26-15(19-11)13(8-18)14(24)10-27-17-21-20-16(23(17)12-2-3-12)22-4-6-25-7-5-22/h9,12-13H,2-7,10H2,1H3/t13-/m0/s1. The second kappa shape index (κ2) is 7.96. The van der Waals surface area contributed by atoms with Gasteiger partial charge in [0.15, 0.2) is 16.9 Å². The fraction of sp³-hybridized carbons (Fsp3) is 0.588. The van der Waals surface area contributed by atoms with Crippen LogP contribution in [0.3, 0.4) is 0 Å². The Balaban J connectivity index is 1.47. The fourth-order valence-corrected chi connectivity index (χ4v) is 4.76. The van der Waals surface area contributed by atoms with E-state index in [0.29, 0.717) is 24.3 Å². The molecule has 4 rings (SSSR count). The van der Waals surface area contributed by atoms with Crippen LogP contribution in [0, 0.1) is 18.3 Å². The summed E-state index contributed by atoms with van der Waals surface area (Å²) in [5, 5.41) is 21.3. The minimum atomic E-state index is -0.813. The smallest absolute Gasteiger partial charge is 0.228 e. The molecule has 142 valence electrons. The second-order valence-electron chi connectivity index (χ2n) is 6.63. The highest BCUT2D eigenvalue weighted by atomic mass is 32.2. The topological polar surface area (TPSA) is 96.9 Å². The van der Waals surface area contributed by atoms with Crippen LogP contribution in [0.1, 0.15) is 35.5 Å². The summed E-state index contributed by atoms with van der Waals surface area (Å²) in [5.41, 5.74) is 0.833. The summed E-state index contributed by atoms with van der Waals surface area (Å²) < 4.78 is 7.57. The SMILES string of the molecule is Cc1csc([C@@H](C#N)C(=O)CSc2nnc(N3CCOCC3)n2C2CC2)n1. The number of aromatic nitrogens is 4. The van der Waals surface area contributed by atoms with Crippen molar-refractivity contribution in [1.29, 1.82) is 5.26 Å². The lowest BCUT2D eigenvalue weighted by Gasteiger charge is -2.27. The summed E-state index contributed by atoms with van der Waals surface area (Å²) in [5.74, 6) is 0.0932. The molecule has 0 radical (unpaired) electrons. The van der Waals surface area contributed by atoms with Crippen LogP contribution >= 0.6 is 23.1 Å². The Morgan fingerprint density at radius 2 is 2.22 bits per heavy atom. The lowest BCUT2D eigenvalue weighted by atomic mass is 10.1. The summed E-state index contributed by atoms with van der Waals surface area (Å²) in [6.07, 6.45) is 2.21. The predicted molar refractivity (Wildman–Crippen MR) is 102 cm³/mol. The zero-order valence-corrected chi connectivity index (χ0v) is 16.6. The molecule has 1 saturated heterocycles. The molecular weight excluding hydrogens is 384 g/mol. The molecule has 2 aromatic heterocycles. The number of Topliss-reactive ketones (excluding diaryl/α,β-unsaturated/α-hetero) is 1. The number of ketones is 1. The summed E-state index contributed by atoms with van der Waals surface area (Å²) in [6.45, 7) is 4.84. The van der Waals surface area contributed by atoms with Crippen molar-refractivity contribution in [3.8, 4) is 6.07 Å². The molecule has 1 atom stereocenters. The molecule has 2 aromatic rings. The number of aryl methyl sites for hydroxylation is 1. The second-order valence-corrected chi connectivity index (χ2v) is 8.46. The molecule has 0 unspecified atom stereocenters. The van der Waals surface area contributed by atoms with Gasteiger partial charge >= 0.3 is 0 Å². The van der Waals surface area contributed by atoms with E-state index in [-0.39, 0.29) is 11.5 Å². The molecule has 3 heterocycles. The monoisotopic (exact) mass is 404 g/mol. The van der Waals surface area contributed by atoms with Crippen molar-refractivity contribution < 1.29 is 9.53 Å². The van der Waals surface area contributed by atoms with Crippen molar-refractivity contribution in [3.05, 3.63) is 16.1 Å². The quantitative estimate of drug-likeness (QED) is 0.648. The van der Waals surface area contributed by atoms with Crippen LogP contribution in [0.4, 0.5) is 5.95 Å². The van der Waals surface area contributed by atoms with E-state index in [0.717, 1.165) is 42.7 Å². The first-order valence-corrected chi connectivity index (χ1v) is 10.8. The highest BCUT2D eigenvalue weighted by Crippen LogP contribution is 2.41. The summed E-state index contributed by atoms with van der Waals surface area (Å²) in [7, 11) is 0. The molecule has 1 aliphatic heterocycles. The number of anilines is 1. The van der Waals surface area contributed by atoms with Gasteiger partial charge in [-0.15, -0.1) is 21.5 Å². The van der Waals surface area contributed by atoms with Crippen molar-refractivity contribution in [2.24, 2.45) is 0 Å². The normalized spacial score (nSPS) is 18.3. The molecule has 0 aromatic carbocycles. The van der Waals surface area contributed by atoms with E-state index < -0.39 is 5.92 Å². The number of hydrogen-bond acceptors (Lipinski definition) is 9. The molecule has 0 N–H and O–H groups in total. The van der Waals surface area contributed by atoms with E-state index in [1.807, 2.05) is 12.3 Å². The van der Waals surface area contributed by atoms with Gasteiger partial charge in [-0.3, -0.25) is 9.36 Å². The van der Waals surface area contributed by atoms with E-state index in [1.165, 1.54) is 23.1 Å². The molecule has 0 spiro atoms. The van der Waals surface area contributed by atoms with Crippen molar-refractivity contribution in [2.75, 3.05) is 37.0 Å². The van der Waals surface area contributed by atoms with E-state index in [9.17, 15) is 10.1 Å². The van der Waals surface area contributed by atoms with E-state index in [2.05, 4.69) is 30.7 Å². The Bertz CT molecular complexity index is 863. The molecule has 0 bridgehead atoms. The summed E-state index contributed by atoms with van der Waals surface area (Å²) >= 11 is 2.72. The van der Waals surface area contributed by atoms with Gasteiger partial charge in [-0.2, -0.15) is 5.26 Å². The zero-order chi connectivity index (χ0) is 18.8. The number of thioether (sulfide) groups is 1. The Kier molecular flexibility index (Phi) is 5.43. The Labute approximate surface area is 165 Å². The van der Waals surface area contributed by atoms with Crippen molar-refractivity contribution in [3.63, 3.8) is 0 Å². The maximum atomic E-state index is 12.6. The first-order valence-electron chi connectivity index (χ1n) is 8.92. The van der Waals surface area contributed by atoms with E-state index in [1.54, 1.807) is 0 Å². The number of nitriles is 1. The summed E-state index contributed by atoms with van der Waals surface area (Å²) in [6, 6.07) is 2.50. The maximum Gasteiger partial charge on any atom is 0.228 e. The van der Waals surface area contributed by atoms with Crippen LogP contribution in [0.25, 0.3) is 0 Å². The largest absolute Gasteiger partial charge is 0.378 e. The average Bonchev–Trinajstić information content (AvgIpc) is 3.30. The van der Waals surface area contributed by atoms with Gasteiger partial charge in [0.1, 0.15) is 5.01 Å². The highest BCUT2D eigenvalue weighted by Gasteiger charge is 2.33. The predicted octanol–water partition coefficient (Wildman–Crippen LogP) is 2.18. The first kappa shape index (κ1) is 18.4. The van der Waals surface area contributed by atoms with Gasteiger partial charge in [-0.05, 0) is 19.8 Å². The lowest BCUT2D eigenvalue weighted by Crippen LogP contribution is -2.38. The third-order valence-electron chi connectivity index (χ3n) is 4.53. The van der Waals surface area contributed by atoms with Gasteiger partial charge in [0.05, 0.1) is 25.0 Å². The van der Waals surface area contributed by atoms with Gasteiger partial charge < -0.3 is 9.64 Å². The van der Waals surface area contributed by atoms with Crippen molar-refractivity contribution >= 4 is 34.8 Å². The first-order chi connectivity index (χ1) is 13.2. The number of nitrogens with zero attached hydrogens (tertiary/aromatic N) is 6. The minimum Gasteiger partial charge on any atom is -0.378 e. The van der Waals surface area contributed by atoms with Crippen molar-refractivity contribution in [1.82, 2.24) is 19.7 Å². The molecule has 27 heavy (non-hydrogen) atoms. The Morgan fingerprint density at radius 3 is 2.85 bits per heavy atom. The summed E-state index contributed by atoms with van der Waals surface area (Å²) in [4.78, 5) is 19.1. The number of carbonyl (C=O) groups is 1. The number of carbonyl (C=O) groups excluding carboxylic acids is 1. The van der Waals surface area contributed by atoms with Crippen molar-refractivity contribution in [2.45, 2.75) is 36.9 Å². The number of thiazole rings is 1. The fourth-order valence-electron chi connectivity index (χ4n) is 2.99. The molecule has 8 nitrogen and oxygen atoms in total. The third-order valence-corrected chi connectivity index (χ3v) is 6.52. The number of rotatable bonds is 7. The molecule has 10 heteroatoms. The van der Waals surface area contributed by atoms with E-state index >= 15 is 0 Å². The molecule has 1 saturated carbocycles. The van der Waals surface area contributed by atoms with Crippen LogP contribution in [0.2, 0.25) is 0 Å². The van der Waals surface area contributed by atoms with Gasteiger partial charge in [0, 0.05) is 30.2 Å². The molecule has 2 aliphatic rings. The van der Waals surface area contributed by atoms with Gasteiger partial charge in [-0.1, -0.05) is 11.8 Å². The van der Waals surface area contributed by atoms with Crippen LogP contribution in [-0.2, 0) is 9.53 Å². The van der Waals surface area contributed by atoms with Gasteiger partial charge in [-0.25, -0.2) is 4.98 Å². The zero-order valence-electron chi connectivity index (χ0n) is 15.0. The molecule has 0 amide bonds. The Hall–Kier alpha value is -1.96. The average molecular weight is 405 g/mol. The van der Waals surface area contributed by atoms with Crippen LogP contribution < -0.4 is 4.90 Å².